The Morgan fingerprint density at radius 1 is 1.29 bits per heavy atom. The van der Waals surface area contributed by atoms with Gasteiger partial charge in [0.25, 0.3) is 0 Å². The van der Waals surface area contributed by atoms with Crippen LogP contribution in [-0.4, -0.2) is 20.9 Å². The molecule has 1 N–H and O–H groups in total. The number of anilines is 1. The molecule has 0 aliphatic heterocycles. The second-order valence-electron chi connectivity index (χ2n) is 3.83. The van der Waals surface area contributed by atoms with E-state index in [0.29, 0.717) is 0 Å². The third-order valence-electron chi connectivity index (χ3n) is 2.22. The summed E-state index contributed by atoms with van der Waals surface area (Å²) in [4.78, 5) is 8.84. The van der Waals surface area contributed by atoms with Gasteiger partial charge in [-0.05, 0) is 13.3 Å². The Labute approximate surface area is 109 Å². The fourth-order valence-corrected chi connectivity index (χ4v) is 2.86. The van der Waals surface area contributed by atoms with Crippen molar-refractivity contribution in [3.05, 3.63) is 21.9 Å². The predicted octanol–water partition coefficient (Wildman–Crippen LogP) is 2.91. The van der Waals surface area contributed by atoms with Crippen molar-refractivity contribution in [3.63, 3.8) is 0 Å². The van der Waals surface area contributed by atoms with E-state index in [9.17, 15) is 0 Å². The summed E-state index contributed by atoms with van der Waals surface area (Å²) in [6.45, 7) is 5.03. The molecule has 0 saturated heterocycles. The summed E-state index contributed by atoms with van der Waals surface area (Å²) in [5, 5.41) is 7.47. The Morgan fingerprint density at radius 3 is 2.88 bits per heavy atom. The zero-order chi connectivity index (χ0) is 12.1. The number of hydrogen-bond acceptors (Lipinski definition) is 6. The summed E-state index contributed by atoms with van der Waals surface area (Å²) in [7, 11) is 0. The molecule has 4 nitrogen and oxygen atoms in total. The SMILES string of the molecule is CCCc1nsc(NCCc2nc(C)cs2)n1. The summed E-state index contributed by atoms with van der Waals surface area (Å²) in [6, 6.07) is 0. The van der Waals surface area contributed by atoms with Crippen molar-refractivity contribution >= 4 is 28.0 Å². The van der Waals surface area contributed by atoms with Gasteiger partial charge in [0.15, 0.2) is 0 Å². The van der Waals surface area contributed by atoms with E-state index in [0.717, 1.165) is 42.5 Å². The molecule has 0 unspecified atom stereocenters. The lowest BCUT2D eigenvalue weighted by Crippen LogP contribution is -2.04. The summed E-state index contributed by atoms with van der Waals surface area (Å²) >= 11 is 3.15. The molecule has 0 fully saturated rings. The first-order valence-corrected chi connectivity index (χ1v) is 7.40. The van der Waals surface area contributed by atoms with Crippen LogP contribution in [0.25, 0.3) is 0 Å². The second kappa shape index (κ2) is 6.07. The highest BCUT2D eigenvalue weighted by Gasteiger charge is 2.03. The third-order valence-corrected chi connectivity index (χ3v) is 3.96. The first kappa shape index (κ1) is 12.4. The van der Waals surface area contributed by atoms with Gasteiger partial charge in [0, 0.05) is 42.0 Å². The molecule has 0 spiro atoms. The molecule has 0 aliphatic carbocycles. The van der Waals surface area contributed by atoms with Crippen LogP contribution in [-0.2, 0) is 12.8 Å². The number of nitrogens with zero attached hydrogens (tertiary/aromatic N) is 3. The number of aromatic nitrogens is 3. The number of hydrogen-bond donors (Lipinski definition) is 1. The van der Waals surface area contributed by atoms with Gasteiger partial charge < -0.3 is 5.32 Å². The van der Waals surface area contributed by atoms with E-state index in [1.165, 1.54) is 16.5 Å². The highest BCUT2D eigenvalue weighted by molar-refractivity contribution is 7.10. The van der Waals surface area contributed by atoms with Crippen molar-refractivity contribution in [1.82, 2.24) is 14.3 Å². The van der Waals surface area contributed by atoms with Crippen LogP contribution in [0.2, 0.25) is 0 Å². The molecule has 0 radical (unpaired) electrons. The smallest absolute Gasteiger partial charge is 0.202 e. The monoisotopic (exact) mass is 268 g/mol. The van der Waals surface area contributed by atoms with Gasteiger partial charge in [-0.15, -0.1) is 11.3 Å². The third kappa shape index (κ3) is 3.74. The minimum Gasteiger partial charge on any atom is -0.360 e. The van der Waals surface area contributed by atoms with Crippen LogP contribution >= 0.6 is 22.9 Å². The largest absolute Gasteiger partial charge is 0.360 e. The fraction of sp³-hybridized carbons (Fsp3) is 0.545. The van der Waals surface area contributed by atoms with Gasteiger partial charge in [-0.2, -0.15) is 4.37 Å². The van der Waals surface area contributed by atoms with Crippen LogP contribution in [0.5, 0.6) is 0 Å². The summed E-state index contributed by atoms with van der Waals surface area (Å²) in [6.07, 6.45) is 3.00. The van der Waals surface area contributed by atoms with Crippen molar-refractivity contribution in [1.29, 1.82) is 0 Å². The minimum atomic E-state index is 0.869. The van der Waals surface area contributed by atoms with Crippen LogP contribution in [0.1, 0.15) is 29.9 Å². The molecule has 2 heterocycles. The maximum Gasteiger partial charge on any atom is 0.202 e. The minimum absolute atomic E-state index is 0.869. The molecule has 6 heteroatoms. The van der Waals surface area contributed by atoms with Crippen LogP contribution in [0, 0.1) is 6.92 Å². The maximum atomic E-state index is 4.42. The molecular weight excluding hydrogens is 252 g/mol. The van der Waals surface area contributed by atoms with Crippen LogP contribution in [0.3, 0.4) is 0 Å². The Hall–Kier alpha value is -1.01. The zero-order valence-electron chi connectivity index (χ0n) is 10.1. The molecule has 0 atom stereocenters. The van der Waals surface area contributed by atoms with Crippen molar-refractivity contribution in [2.24, 2.45) is 0 Å². The normalized spacial score (nSPS) is 10.7. The Balaban J connectivity index is 1.77. The van der Waals surface area contributed by atoms with E-state index >= 15 is 0 Å². The predicted molar refractivity (Wildman–Crippen MR) is 72.9 cm³/mol. The molecular formula is C11H16N4S2. The van der Waals surface area contributed by atoms with E-state index in [-0.39, 0.29) is 0 Å². The Bertz CT molecular complexity index is 463. The van der Waals surface area contributed by atoms with E-state index in [4.69, 9.17) is 0 Å². The quantitative estimate of drug-likeness (QED) is 0.875. The van der Waals surface area contributed by atoms with Gasteiger partial charge in [-0.3, -0.25) is 0 Å². The Kier molecular flexibility index (Phi) is 4.44. The lowest BCUT2D eigenvalue weighted by Gasteiger charge is -1.98. The standard InChI is InChI=1S/C11H16N4S2/c1-3-4-9-14-11(17-15-9)12-6-5-10-13-8(2)7-16-10/h7H,3-6H2,1-2H3,(H,12,14,15). The first-order chi connectivity index (χ1) is 8.28. The molecule has 2 aromatic heterocycles. The van der Waals surface area contributed by atoms with Gasteiger partial charge in [0.05, 0.1) is 5.01 Å². The molecule has 2 aromatic rings. The average molecular weight is 268 g/mol. The summed E-state index contributed by atoms with van der Waals surface area (Å²) < 4.78 is 4.29. The summed E-state index contributed by atoms with van der Waals surface area (Å²) in [5.74, 6) is 0.949. The summed E-state index contributed by atoms with van der Waals surface area (Å²) in [5.41, 5.74) is 1.10. The van der Waals surface area contributed by atoms with E-state index < -0.39 is 0 Å². The number of nitrogens with one attached hydrogen (secondary N) is 1. The van der Waals surface area contributed by atoms with Crippen molar-refractivity contribution in [2.75, 3.05) is 11.9 Å². The average Bonchev–Trinajstić information content (AvgIpc) is 2.89. The highest BCUT2D eigenvalue weighted by Crippen LogP contribution is 2.13. The molecule has 0 aromatic carbocycles. The van der Waals surface area contributed by atoms with Gasteiger partial charge in [-0.25, -0.2) is 9.97 Å². The van der Waals surface area contributed by atoms with Crippen LogP contribution < -0.4 is 5.32 Å². The first-order valence-electron chi connectivity index (χ1n) is 5.75. The lowest BCUT2D eigenvalue weighted by molar-refractivity contribution is 0.860. The second-order valence-corrected chi connectivity index (χ2v) is 5.52. The van der Waals surface area contributed by atoms with Crippen molar-refractivity contribution in [2.45, 2.75) is 33.1 Å². The molecule has 92 valence electrons. The van der Waals surface area contributed by atoms with Gasteiger partial charge in [0.2, 0.25) is 5.13 Å². The van der Waals surface area contributed by atoms with Crippen LogP contribution in [0.4, 0.5) is 5.13 Å². The molecule has 2 rings (SSSR count). The van der Waals surface area contributed by atoms with Crippen molar-refractivity contribution < 1.29 is 0 Å². The van der Waals surface area contributed by atoms with E-state index in [1.54, 1.807) is 11.3 Å². The number of rotatable bonds is 6. The lowest BCUT2D eigenvalue weighted by atomic mass is 10.3. The number of thiazole rings is 1. The molecule has 0 bridgehead atoms. The maximum absolute atomic E-state index is 4.42. The molecule has 0 amide bonds. The van der Waals surface area contributed by atoms with Crippen LogP contribution in [0.15, 0.2) is 5.38 Å². The van der Waals surface area contributed by atoms with Gasteiger partial charge in [0.1, 0.15) is 5.82 Å². The molecule has 0 aliphatic rings. The molecule has 0 saturated carbocycles. The Morgan fingerprint density at radius 2 is 2.18 bits per heavy atom. The highest BCUT2D eigenvalue weighted by atomic mass is 32.1. The molecule has 17 heavy (non-hydrogen) atoms. The zero-order valence-corrected chi connectivity index (χ0v) is 11.7. The van der Waals surface area contributed by atoms with Gasteiger partial charge >= 0.3 is 0 Å². The topological polar surface area (TPSA) is 50.7 Å². The van der Waals surface area contributed by atoms with E-state index in [2.05, 4.69) is 32.0 Å². The van der Waals surface area contributed by atoms with Gasteiger partial charge in [-0.1, -0.05) is 6.92 Å². The van der Waals surface area contributed by atoms with Crippen molar-refractivity contribution in [3.8, 4) is 0 Å². The van der Waals surface area contributed by atoms with E-state index in [1.807, 2.05) is 6.92 Å². The fourth-order valence-electron chi connectivity index (χ4n) is 1.44. The number of aryl methyl sites for hydroxylation is 2.